The summed E-state index contributed by atoms with van der Waals surface area (Å²) in [6.45, 7) is 6.95. The van der Waals surface area contributed by atoms with Gasteiger partial charge >= 0.3 is 0 Å². The summed E-state index contributed by atoms with van der Waals surface area (Å²) in [7, 11) is 0. The van der Waals surface area contributed by atoms with Crippen LogP contribution in [0.4, 0.5) is 0 Å². The van der Waals surface area contributed by atoms with E-state index in [0.717, 1.165) is 17.8 Å². The molecule has 0 amide bonds. The Kier molecular flexibility index (Phi) is 9.59. The summed E-state index contributed by atoms with van der Waals surface area (Å²) < 4.78 is 0. The maximum atomic E-state index is 6.54. The molecule has 0 spiro atoms. The van der Waals surface area contributed by atoms with E-state index >= 15 is 0 Å². The molecule has 2 unspecified atom stereocenters. The number of hydrogen-bond acceptors (Lipinski definition) is 1. The molecule has 2 N–H and O–H groups in total. The van der Waals surface area contributed by atoms with Gasteiger partial charge in [0.2, 0.25) is 0 Å². The fraction of sp³-hybridized carbons (Fsp3) is 1.00. The van der Waals surface area contributed by atoms with Crippen LogP contribution in [0.3, 0.4) is 0 Å². The molecular weight excluding hydrogens is 242 g/mol. The quantitative estimate of drug-likeness (QED) is 0.528. The average molecular weight is 282 g/mol. The van der Waals surface area contributed by atoms with E-state index in [2.05, 4.69) is 20.8 Å². The second kappa shape index (κ2) is 10.7. The van der Waals surface area contributed by atoms with Crippen molar-refractivity contribution >= 4 is 0 Å². The first-order valence-electron chi connectivity index (χ1n) is 9.46. The Hall–Kier alpha value is -0.0400. The van der Waals surface area contributed by atoms with Crippen LogP contribution in [0.1, 0.15) is 97.8 Å². The molecule has 1 rings (SSSR count). The van der Waals surface area contributed by atoms with Crippen LogP contribution in [0, 0.1) is 17.8 Å². The van der Waals surface area contributed by atoms with Gasteiger partial charge in [0, 0.05) is 6.04 Å². The molecule has 120 valence electrons. The molecule has 0 bridgehead atoms. The smallest absolute Gasteiger partial charge is 0.00698 e. The Balaban J connectivity index is 2.25. The van der Waals surface area contributed by atoms with Gasteiger partial charge in [-0.25, -0.2) is 0 Å². The maximum absolute atomic E-state index is 6.54. The van der Waals surface area contributed by atoms with Crippen LogP contribution in [0.2, 0.25) is 0 Å². The molecule has 2 atom stereocenters. The molecule has 0 aromatic rings. The highest BCUT2D eigenvalue weighted by molar-refractivity contribution is 4.81. The molecule has 1 aliphatic rings. The average Bonchev–Trinajstić information content (AvgIpc) is 2.49. The molecule has 0 aliphatic heterocycles. The number of unbranched alkanes of at least 4 members (excludes halogenated alkanes) is 2. The van der Waals surface area contributed by atoms with E-state index in [1.54, 1.807) is 0 Å². The first kappa shape index (κ1) is 18.0. The van der Waals surface area contributed by atoms with E-state index < -0.39 is 0 Å². The normalized spacial score (nSPS) is 26.4. The van der Waals surface area contributed by atoms with Gasteiger partial charge < -0.3 is 5.73 Å². The van der Waals surface area contributed by atoms with Crippen molar-refractivity contribution in [2.45, 2.75) is 104 Å². The highest BCUT2D eigenvalue weighted by Crippen LogP contribution is 2.35. The largest absolute Gasteiger partial charge is 0.327 e. The lowest BCUT2D eigenvalue weighted by molar-refractivity contribution is 0.210. The van der Waals surface area contributed by atoms with E-state index in [1.807, 2.05) is 0 Å². The summed E-state index contributed by atoms with van der Waals surface area (Å²) in [6, 6.07) is 0.476. The zero-order valence-corrected chi connectivity index (χ0v) is 14.4. The Morgan fingerprint density at radius 1 is 0.950 bits per heavy atom. The first-order chi connectivity index (χ1) is 9.71. The SMILES string of the molecule is CCCCC1CCC(C(N)CC(CC)CCCC)CC1. The van der Waals surface area contributed by atoms with Crippen LogP contribution in [-0.2, 0) is 0 Å². The highest BCUT2D eigenvalue weighted by atomic mass is 14.7. The Morgan fingerprint density at radius 3 is 2.15 bits per heavy atom. The molecule has 0 aromatic heterocycles. The van der Waals surface area contributed by atoms with Crippen molar-refractivity contribution in [2.24, 2.45) is 23.5 Å². The van der Waals surface area contributed by atoms with Crippen molar-refractivity contribution in [3.63, 3.8) is 0 Å². The third kappa shape index (κ3) is 6.61. The van der Waals surface area contributed by atoms with Crippen LogP contribution in [0.5, 0.6) is 0 Å². The molecule has 20 heavy (non-hydrogen) atoms. The van der Waals surface area contributed by atoms with Gasteiger partial charge in [0.15, 0.2) is 0 Å². The molecule has 1 fully saturated rings. The van der Waals surface area contributed by atoms with Crippen molar-refractivity contribution in [1.82, 2.24) is 0 Å². The molecule has 1 saturated carbocycles. The van der Waals surface area contributed by atoms with E-state index in [4.69, 9.17) is 5.73 Å². The van der Waals surface area contributed by atoms with E-state index in [0.29, 0.717) is 6.04 Å². The summed E-state index contributed by atoms with van der Waals surface area (Å²) in [6.07, 6.45) is 16.7. The predicted molar refractivity (Wildman–Crippen MR) is 90.9 cm³/mol. The van der Waals surface area contributed by atoms with Crippen LogP contribution in [-0.4, -0.2) is 6.04 Å². The monoisotopic (exact) mass is 281 g/mol. The standard InChI is InChI=1S/C19H39N/c1-4-7-9-16(6-3)15-19(20)18-13-11-17(12-14-18)10-8-5-2/h16-19H,4-15,20H2,1-3H3. The maximum Gasteiger partial charge on any atom is 0.00698 e. The second-order valence-electron chi connectivity index (χ2n) is 7.24. The van der Waals surface area contributed by atoms with Gasteiger partial charge in [0.05, 0.1) is 0 Å². The fourth-order valence-electron chi connectivity index (χ4n) is 3.96. The molecule has 1 aliphatic carbocycles. The van der Waals surface area contributed by atoms with Crippen molar-refractivity contribution in [3.05, 3.63) is 0 Å². The van der Waals surface area contributed by atoms with Crippen molar-refractivity contribution in [1.29, 1.82) is 0 Å². The molecule has 0 heterocycles. The molecule has 0 radical (unpaired) electrons. The topological polar surface area (TPSA) is 26.0 Å². The zero-order chi connectivity index (χ0) is 14.8. The van der Waals surface area contributed by atoms with E-state index in [-0.39, 0.29) is 0 Å². The third-order valence-corrected chi connectivity index (χ3v) is 5.61. The molecule has 1 heteroatoms. The summed E-state index contributed by atoms with van der Waals surface area (Å²) in [5.74, 6) is 2.71. The summed E-state index contributed by atoms with van der Waals surface area (Å²) in [5.41, 5.74) is 6.54. The van der Waals surface area contributed by atoms with Gasteiger partial charge in [-0.3, -0.25) is 0 Å². The predicted octanol–water partition coefficient (Wildman–Crippen LogP) is 5.92. The number of rotatable bonds is 10. The minimum absolute atomic E-state index is 0.476. The zero-order valence-electron chi connectivity index (χ0n) is 14.4. The van der Waals surface area contributed by atoms with Gasteiger partial charge in [-0.05, 0) is 37.0 Å². The van der Waals surface area contributed by atoms with Crippen molar-refractivity contribution in [2.75, 3.05) is 0 Å². The summed E-state index contributed by atoms with van der Waals surface area (Å²) >= 11 is 0. The lowest BCUT2D eigenvalue weighted by atomic mass is 9.75. The van der Waals surface area contributed by atoms with E-state index in [1.165, 1.54) is 77.0 Å². The number of hydrogen-bond donors (Lipinski definition) is 1. The minimum atomic E-state index is 0.476. The van der Waals surface area contributed by atoms with Gasteiger partial charge in [-0.2, -0.15) is 0 Å². The minimum Gasteiger partial charge on any atom is -0.327 e. The van der Waals surface area contributed by atoms with Crippen LogP contribution in [0.25, 0.3) is 0 Å². The van der Waals surface area contributed by atoms with Gasteiger partial charge in [0.1, 0.15) is 0 Å². The Labute approximate surface area is 128 Å². The fourth-order valence-corrected chi connectivity index (χ4v) is 3.96. The Bertz CT molecular complexity index is 218. The third-order valence-electron chi connectivity index (χ3n) is 5.61. The molecule has 1 nitrogen and oxygen atoms in total. The lowest BCUT2D eigenvalue weighted by Crippen LogP contribution is -2.34. The summed E-state index contributed by atoms with van der Waals surface area (Å²) in [4.78, 5) is 0. The lowest BCUT2D eigenvalue weighted by Gasteiger charge is -2.33. The van der Waals surface area contributed by atoms with Crippen LogP contribution < -0.4 is 5.73 Å². The van der Waals surface area contributed by atoms with Gasteiger partial charge in [-0.15, -0.1) is 0 Å². The van der Waals surface area contributed by atoms with Gasteiger partial charge in [0.25, 0.3) is 0 Å². The second-order valence-corrected chi connectivity index (χ2v) is 7.24. The summed E-state index contributed by atoms with van der Waals surface area (Å²) in [5, 5.41) is 0. The number of nitrogens with two attached hydrogens (primary N) is 1. The van der Waals surface area contributed by atoms with Crippen molar-refractivity contribution < 1.29 is 0 Å². The van der Waals surface area contributed by atoms with Gasteiger partial charge in [-0.1, -0.05) is 78.6 Å². The van der Waals surface area contributed by atoms with Crippen molar-refractivity contribution in [3.8, 4) is 0 Å². The highest BCUT2D eigenvalue weighted by Gasteiger charge is 2.26. The molecule has 0 saturated heterocycles. The first-order valence-corrected chi connectivity index (χ1v) is 9.46. The van der Waals surface area contributed by atoms with Crippen LogP contribution in [0.15, 0.2) is 0 Å². The molecule has 0 aromatic carbocycles. The molecular formula is C19H39N. The van der Waals surface area contributed by atoms with E-state index in [9.17, 15) is 0 Å². The van der Waals surface area contributed by atoms with Crippen LogP contribution >= 0.6 is 0 Å². The Morgan fingerprint density at radius 2 is 1.60 bits per heavy atom.